The lowest BCUT2D eigenvalue weighted by Crippen LogP contribution is -2.32. The van der Waals surface area contributed by atoms with Gasteiger partial charge in [-0.2, -0.15) is 0 Å². The van der Waals surface area contributed by atoms with Gasteiger partial charge in [0.15, 0.2) is 0 Å². The van der Waals surface area contributed by atoms with E-state index in [1.807, 2.05) is 13.0 Å². The van der Waals surface area contributed by atoms with Gasteiger partial charge < -0.3 is 11.1 Å². The average Bonchev–Trinajstić information content (AvgIpc) is 2.16. The predicted molar refractivity (Wildman–Crippen MR) is 54.6 cm³/mol. The van der Waals surface area contributed by atoms with E-state index >= 15 is 0 Å². The second-order valence-corrected chi connectivity index (χ2v) is 3.39. The van der Waals surface area contributed by atoms with Crippen molar-refractivity contribution in [2.75, 3.05) is 6.54 Å². The third-order valence-electron chi connectivity index (χ3n) is 1.85. The van der Waals surface area contributed by atoms with Gasteiger partial charge >= 0.3 is 0 Å². The number of nitrogens with one attached hydrogen (secondary N) is 1. The van der Waals surface area contributed by atoms with Crippen molar-refractivity contribution in [3.8, 4) is 0 Å². The molecule has 13 heavy (non-hydrogen) atoms. The maximum Gasteiger partial charge on any atom is 0.0634 e. The first-order valence-corrected chi connectivity index (χ1v) is 4.63. The highest BCUT2D eigenvalue weighted by Crippen LogP contribution is 2.12. The number of hydrogen-bond donors (Lipinski definition) is 2. The van der Waals surface area contributed by atoms with E-state index in [1.54, 1.807) is 12.4 Å². The van der Waals surface area contributed by atoms with Crippen molar-refractivity contribution in [2.45, 2.75) is 19.5 Å². The second kappa shape index (κ2) is 5.17. The maximum atomic E-state index is 5.92. The lowest BCUT2D eigenvalue weighted by molar-refractivity contribution is 0.556. The average molecular weight is 200 g/mol. The summed E-state index contributed by atoms with van der Waals surface area (Å²) in [6.45, 7) is 3.40. The van der Waals surface area contributed by atoms with Crippen LogP contribution < -0.4 is 11.1 Å². The first kappa shape index (κ1) is 10.4. The summed E-state index contributed by atoms with van der Waals surface area (Å²) in [5, 5.41) is 3.95. The Morgan fingerprint density at radius 1 is 1.69 bits per heavy atom. The summed E-state index contributed by atoms with van der Waals surface area (Å²) in [5.41, 5.74) is 6.52. The number of rotatable bonds is 4. The molecule has 0 saturated heterocycles. The monoisotopic (exact) mass is 199 g/mol. The molecule has 0 fully saturated rings. The van der Waals surface area contributed by atoms with E-state index in [0.717, 1.165) is 12.1 Å². The Balaban J connectivity index is 2.50. The van der Waals surface area contributed by atoms with Crippen LogP contribution in [-0.2, 0) is 6.54 Å². The standard InChI is InChI=1S/C9H14ClN3/c1-7(4-11)13-5-8-2-3-12-6-9(8)10/h2-3,6-7,13H,4-5,11H2,1H3/t7-/m0/s1. The van der Waals surface area contributed by atoms with E-state index in [9.17, 15) is 0 Å². The first-order chi connectivity index (χ1) is 6.24. The highest BCUT2D eigenvalue weighted by molar-refractivity contribution is 6.31. The molecule has 1 atom stereocenters. The minimum Gasteiger partial charge on any atom is -0.329 e. The molecule has 3 N–H and O–H groups in total. The van der Waals surface area contributed by atoms with Gasteiger partial charge in [-0.25, -0.2) is 0 Å². The molecule has 0 aliphatic rings. The van der Waals surface area contributed by atoms with Gasteiger partial charge in [0.25, 0.3) is 0 Å². The molecule has 0 spiro atoms. The van der Waals surface area contributed by atoms with Crippen LogP contribution in [0.5, 0.6) is 0 Å². The largest absolute Gasteiger partial charge is 0.329 e. The molecule has 1 aromatic heterocycles. The quantitative estimate of drug-likeness (QED) is 0.766. The van der Waals surface area contributed by atoms with Crippen LogP contribution in [0.3, 0.4) is 0 Å². The Kier molecular flexibility index (Phi) is 4.15. The van der Waals surface area contributed by atoms with E-state index in [0.29, 0.717) is 17.6 Å². The van der Waals surface area contributed by atoms with Crippen molar-refractivity contribution in [3.63, 3.8) is 0 Å². The van der Waals surface area contributed by atoms with Crippen molar-refractivity contribution in [2.24, 2.45) is 5.73 Å². The molecule has 0 aromatic carbocycles. The van der Waals surface area contributed by atoms with Crippen molar-refractivity contribution >= 4 is 11.6 Å². The molecule has 0 aliphatic carbocycles. The number of halogens is 1. The molecule has 4 heteroatoms. The summed E-state index contributed by atoms with van der Waals surface area (Å²) < 4.78 is 0. The molecule has 0 amide bonds. The zero-order valence-electron chi connectivity index (χ0n) is 7.63. The molecule has 0 unspecified atom stereocenters. The fraction of sp³-hybridized carbons (Fsp3) is 0.444. The van der Waals surface area contributed by atoms with Gasteiger partial charge in [0, 0.05) is 31.5 Å². The SMILES string of the molecule is C[C@@H](CN)NCc1ccncc1Cl. The zero-order chi connectivity index (χ0) is 9.68. The summed E-state index contributed by atoms with van der Waals surface area (Å²) in [4.78, 5) is 3.91. The van der Waals surface area contributed by atoms with Gasteiger partial charge in [0.05, 0.1) is 5.02 Å². The van der Waals surface area contributed by atoms with Crippen molar-refractivity contribution in [3.05, 3.63) is 29.0 Å². The molecule has 72 valence electrons. The minimum absolute atomic E-state index is 0.309. The Hall–Kier alpha value is -0.640. The predicted octanol–water partition coefficient (Wildman–Crippen LogP) is 1.17. The van der Waals surface area contributed by atoms with Gasteiger partial charge in [-0.1, -0.05) is 11.6 Å². The Bertz CT molecular complexity index is 265. The lowest BCUT2D eigenvalue weighted by atomic mass is 10.2. The zero-order valence-corrected chi connectivity index (χ0v) is 8.38. The summed E-state index contributed by atoms with van der Waals surface area (Å²) in [6.07, 6.45) is 3.38. The van der Waals surface area contributed by atoms with Crippen LogP contribution in [0, 0.1) is 0 Å². The van der Waals surface area contributed by atoms with Gasteiger partial charge in [0.1, 0.15) is 0 Å². The van der Waals surface area contributed by atoms with E-state index in [1.165, 1.54) is 0 Å². The highest BCUT2D eigenvalue weighted by atomic mass is 35.5. The van der Waals surface area contributed by atoms with Crippen LogP contribution in [0.2, 0.25) is 5.02 Å². The number of aromatic nitrogens is 1. The molecule has 1 rings (SSSR count). The van der Waals surface area contributed by atoms with Crippen LogP contribution >= 0.6 is 11.6 Å². The fourth-order valence-corrected chi connectivity index (χ4v) is 1.10. The minimum atomic E-state index is 0.309. The molecule has 0 aliphatic heterocycles. The number of nitrogens with zero attached hydrogens (tertiary/aromatic N) is 1. The number of pyridine rings is 1. The van der Waals surface area contributed by atoms with Crippen molar-refractivity contribution < 1.29 is 0 Å². The first-order valence-electron chi connectivity index (χ1n) is 4.26. The highest BCUT2D eigenvalue weighted by Gasteiger charge is 2.01. The Labute approximate surface area is 83.3 Å². The van der Waals surface area contributed by atoms with E-state index in [2.05, 4.69) is 10.3 Å². The third-order valence-corrected chi connectivity index (χ3v) is 2.19. The smallest absolute Gasteiger partial charge is 0.0634 e. The molecule has 0 radical (unpaired) electrons. The van der Waals surface area contributed by atoms with Crippen molar-refractivity contribution in [1.29, 1.82) is 0 Å². The van der Waals surface area contributed by atoms with Gasteiger partial charge in [-0.15, -0.1) is 0 Å². The van der Waals surface area contributed by atoms with Crippen LogP contribution in [0.15, 0.2) is 18.5 Å². The summed E-state index contributed by atoms with van der Waals surface area (Å²) >= 11 is 5.92. The van der Waals surface area contributed by atoms with Crippen LogP contribution in [0.1, 0.15) is 12.5 Å². The summed E-state index contributed by atoms with van der Waals surface area (Å²) in [7, 11) is 0. The summed E-state index contributed by atoms with van der Waals surface area (Å²) in [5.74, 6) is 0. The second-order valence-electron chi connectivity index (χ2n) is 2.98. The maximum absolute atomic E-state index is 5.92. The Morgan fingerprint density at radius 3 is 3.08 bits per heavy atom. The van der Waals surface area contributed by atoms with E-state index in [-0.39, 0.29) is 0 Å². The lowest BCUT2D eigenvalue weighted by Gasteiger charge is -2.11. The number of nitrogens with two attached hydrogens (primary N) is 1. The molecule has 0 saturated carbocycles. The van der Waals surface area contributed by atoms with Crippen LogP contribution in [-0.4, -0.2) is 17.6 Å². The topological polar surface area (TPSA) is 50.9 Å². The van der Waals surface area contributed by atoms with Gasteiger partial charge in [-0.3, -0.25) is 4.98 Å². The molecular weight excluding hydrogens is 186 g/mol. The van der Waals surface area contributed by atoms with Crippen LogP contribution in [0.4, 0.5) is 0 Å². The Morgan fingerprint density at radius 2 is 2.46 bits per heavy atom. The molecule has 1 heterocycles. The van der Waals surface area contributed by atoms with Crippen LogP contribution in [0.25, 0.3) is 0 Å². The van der Waals surface area contributed by atoms with Gasteiger partial charge in [0.2, 0.25) is 0 Å². The normalized spacial score (nSPS) is 12.8. The molecule has 0 bridgehead atoms. The van der Waals surface area contributed by atoms with Crippen molar-refractivity contribution in [1.82, 2.24) is 10.3 Å². The van der Waals surface area contributed by atoms with E-state index in [4.69, 9.17) is 17.3 Å². The van der Waals surface area contributed by atoms with E-state index < -0.39 is 0 Å². The molecule has 3 nitrogen and oxygen atoms in total. The molecule has 1 aromatic rings. The fourth-order valence-electron chi connectivity index (χ4n) is 0.915. The summed E-state index contributed by atoms with van der Waals surface area (Å²) in [6, 6.07) is 2.21. The third kappa shape index (κ3) is 3.30. The number of hydrogen-bond acceptors (Lipinski definition) is 3. The van der Waals surface area contributed by atoms with Gasteiger partial charge in [-0.05, 0) is 18.6 Å². The molecular formula is C9H14ClN3.